The number of carbonyl (C=O) groups is 1. The number of carboxylic acid groups (broad SMARTS) is 1. The molecule has 2 aliphatic heterocycles. The van der Waals surface area contributed by atoms with Crippen LogP contribution in [0.15, 0.2) is 12.4 Å². The lowest BCUT2D eigenvalue weighted by Gasteiger charge is -2.41. The topological polar surface area (TPSA) is 73.1 Å². The Morgan fingerprint density at radius 2 is 2.20 bits per heavy atom. The number of alkyl halides is 1. The number of hydrogen-bond donors (Lipinski definition) is 1. The number of fused-ring (bicyclic) bond motifs is 2. The molecule has 2 aromatic rings. The summed E-state index contributed by atoms with van der Waals surface area (Å²) in [6.45, 7) is 3.16. The van der Waals surface area contributed by atoms with Gasteiger partial charge in [-0.25, -0.2) is 14.2 Å². The lowest BCUT2D eigenvalue weighted by atomic mass is 9.61. The molecule has 1 saturated carbocycles. The summed E-state index contributed by atoms with van der Waals surface area (Å²) in [5.41, 5.74) is -0.838. The van der Waals surface area contributed by atoms with Crippen LogP contribution >= 0.6 is 0 Å². The van der Waals surface area contributed by atoms with Crippen molar-refractivity contribution in [3.05, 3.63) is 29.5 Å². The number of hydrogen-bond acceptors (Lipinski definition) is 4. The maximum absolute atomic E-state index is 14.9. The summed E-state index contributed by atoms with van der Waals surface area (Å²) in [7, 11) is 0. The summed E-state index contributed by atoms with van der Waals surface area (Å²) in [6, 6.07) is 0. The summed E-state index contributed by atoms with van der Waals surface area (Å²) in [6.07, 6.45) is 3.51. The average Bonchev–Trinajstić information content (AvgIpc) is 3.19. The van der Waals surface area contributed by atoms with Crippen molar-refractivity contribution >= 4 is 11.6 Å². The Morgan fingerprint density at radius 3 is 2.76 bits per heavy atom. The second-order valence-corrected chi connectivity index (χ2v) is 7.25. The average molecular weight is 352 g/mol. The smallest absolute Gasteiger partial charge is 0.341 e. The first-order valence-electron chi connectivity index (χ1n) is 8.11. The first-order chi connectivity index (χ1) is 11.8. The van der Waals surface area contributed by atoms with E-state index in [4.69, 9.17) is 9.47 Å². The number of aromatic nitrogens is 2. The predicted molar refractivity (Wildman–Crippen MR) is 83.4 cm³/mol. The highest BCUT2D eigenvalue weighted by molar-refractivity contribution is 5.91. The van der Waals surface area contributed by atoms with E-state index in [9.17, 15) is 18.7 Å². The quantitative estimate of drug-likeness (QED) is 0.896. The van der Waals surface area contributed by atoms with Crippen molar-refractivity contribution in [2.75, 3.05) is 13.3 Å². The molecule has 0 aromatic carbocycles. The molecule has 0 atom stereocenters. The minimum absolute atomic E-state index is 0.00493. The second kappa shape index (κ2) is 5.14. The second-order valence-electron chi connectivity index (χ2n) is 7.25. The highest BCUT2D eigenvalue weighted by Gasteiger charge is 2.64. The van der Waals surface area contributed by atoms with Crippen LogP contribution in [0, 0.1) is 5.82 Å². The molecule has 0 spiro atoms. The maximum atomic E-state index is 14.9. The predicted octanol–water partition coefficient (Wildman–Crippen LogP) is 2.73. The SMILES string of the molecule is CC(C)Oc1c(C(=O)O)cn2cc(C34COC(CF)(C3)C4)nc2c1F. The Balaban J connectivity index is 1.81. The van der Waals surface area contributed by atoms with E-state index in [1.165, 1.54) is 10.6 Å². The van der Waals surface area contributed by atoms with Gasteiger partial charge in [-0.05, 0) is 26.7 Å². The zero-order chi connectivity index (χ0) is 18.0. The maximum Gasteiger partial charge on any atom is 0.341 e. The van der Waals surface area contributed by atoms with E-state index in [0.29, 0.717) is 25.1 Å². The van der Waals surface area contributed by atoms with E-state index in [2.05, 4.69) is 4.98 Å². The lowest BCUT2D eigenvalue weighted by Crippen LogP contribution is -2.48. The Bertz CT molecular complexity index is 871. The fourth-order valence-electron chi connectivity index (χ4n) is 3.90. The third-order valence-corrected chi connectivity index (χ3v) is 4.99. The fourth-order valence-corrected chi connectivity index (χ4v) is 3.90. The molecule has 1 aliphatic carbocycles. The van der Waals surface area contributed by atoms with Crippen LogP contribution in [0.3, 0.4) is 0 Å². The van der Waals surface area contributed by atoms with E-state index in [-0.39, 0.29) is 23.1 Å². The lowest BCUT2D eigenvalue weighted by molar-refractivity contribution is -0.0235. The van der Waals surface area contributed by atoms with Crippen molar-refractivity contribution in [3.8, 4) is 5.75 Å². The Labute approximate surface area is 142 Å². The largest absolute Gasteiger partial charge is 0.487 e. The molecule has 2 bridgehead atoms. The molecular weight excluding hydrogens is 334 g/mol. The van der Waals surface area contributed by atoms with Gasteiger partial charge >= 0.3 is 5.97 Å². The highest BCUT2D eigenvalue weighted by Crippen LogP contribution is 2.58. The molecule has 0 amide bonds. The van der Waals surface area contributed by atoms with Gasteiger partial charge in [0.2, 0.25) is 5.82 Å². The van der Waals surface area contributed by atoms with Gasteiger partial charge in [-0.1, -0.05) is 0 Å². The standard InChI is InChI=1S/C17H18F2N2O4/c1-9(2)25-13-10(15(22)23)3-21-4-11(20-14(21)12(13)19)16-5-17(6-16,7-18)24-8-16/h3-4,9H,5-8H2,1-2H3,(H,22,23). The van der Waals surface area contributed by atoms with Crippen LogP contribution < -0.4 is 4.74 Å². The van der Waals surface area contributed by atoms with Crippen molar-refractivity contribution in [2.45, 2.75) is 43.8 Å². The zero-order valence-corrected chi connectivity index (χ0v) is 13.9. The van der Waals surface area contributed by atoms with Gasteiger partial charge in [0.05, 0.1) is 24.0 Å². The molecular formula is C17H18F2N2O4. The van der Waals surface area contributed by atoms with Crippen molar-refractivity contribution in [1.82, 2.24) is 9.38 Å². The molecule has 25 heavy (non-hydrogen) atoms. The molecule has 6 nitrogen and oxygen atoms in total. The molecule has 0 unspecified atom stereocenters. The molecule has 2 saturated heterocycles. The van der Waals surface area contributed by atoms with Gasteiger partial charge in [-0.2, -0.15) is 4.39 Å². The zero-order valence-electron chi connectivity index (χ0n) is 13.9. The van der Waals surface area contributed by atoms with Gasteiger partial charge in [0.15, 0.2) is 11.4 Å². The number of nitrogens with zero attached hydrogens (tertiary/aromatic N) is 2. The Hall–Kier alpha value is -2.22. The van der Waals surface area contributed by atoms with Crippen molar-refractivity contribution < 1.29 is 28.2 Å². The molecule has 5 rings (SSSR count). The number of ether oxygens (including phenoxy) is 2. The number of rotatable bonds is 5. The third-order valence-electron chi connectivity index (χ3n) is 4.99. The van der Waals surface area contributed by atoms with E-state index >= 15 is 0 Å². The minimum atomic E-state index is -1.28. The van der Waals surface area contributed by atoms with Gasteiger partial charge in [0.25, 0.3) is 0 Å². The molecule has 3 aliphatic rings. The van der Waals surface area contributed by atoms with Gasteiger partial charge < -0.3 is 19.0 Å². The monoisotopic (exact) mass is 352 g/mol. The van der Waals surface area contributed by atoms with Crippen molar-refractivity contribution in [2.24, 2.45) is 0 Å². The van der Waals surface area contributed by atoms with Crippen LogP contribution in [0.2, 0.25) is 0 Å². The van der Waals surface area contributed by atoms with Crippen LogP contribution in [0.25, 0.3) is 5.65 Å². The van der Waals surface area contributed by atoms with Crippen LogP contribution in [-0.4, -0.2) is 45.4 Å². The van der Waals surface area contributed by atoms with Gasteiger partial charge in [0.1, 0.15) is 12.2 Å². The molecule has 4 heterocycles. The third kappa shape index (κ3) is 2.23. The molecule has 134 valence electrons. The summed E-state index contributed by atoms with van der Waals surface area (Å²) in [5, 5.41) is 9.36. The van der Waals surface area contributed by atoms with E-state index in [1.807, 2.05) is 0 Å². The summed E-state index contributed by atoms with van der Waals surface area (Å²) >= 11 is 0. The summed E-state index contributed by atoms with van der Waals surface area (Å²) in [4.78, 5) is 15.8. The molecule has 3 fully saturated rings. The normalized spacial score (nSPS) is 27.7. The highest BCUT2D eigenvalue weighted by atomic mass is 19.1. The van der Waals surface area contributed by atoms with Gasteiger partial charge in [-0.3, -0.25) is 0 Å². The minimum Gasteiger partial charge on any atom is -0.487 e. The number of aromatic carboxylic acids is 1. The van der Waals surface area contributed by atoms with E-state index < -0.39 is 29.5 Å². The van der Waals surface area contributed by atoms with Crippen molar-refractivity contribution in [3.63, 3.8) is 0 Å². The van der Waals surface area contributed by atoms with E-state index in [1.54, 1.807) is 20.0 Å². The Kier molecular flexibility index (Phi) is 3.34. The molecule has 8 heteroatoms. The summed E-state index contributed by atoms with van der Waals surface area (Å²) in [5.74, 6) is -2.42. The fraction of sp³-hybridized carbons (Fsp3) is 0.529. The van der Waals surface area contributed by atoms with Gasteiger partial charge in [0, 0.05) is 17.8 Å². The number of imidazole rings is 1. The summed E-state index contributed by atoms with van der Waals surface area (Å²) < 4.78 is 40.2. The Morgan fingerprint density at radius 1 is 1.48 bits per heavy atom. The van der Waals surface area contributed by atoms with Crippen LogP contribution in [0.1, 0.15) is 42.7 Å². The van der Waals surface area contributed by atoms with Gasteiger partial charge in [-0.15, -0.1) is 0 Å². The molecule has 1 N–H and O–H groups in total. The van der Waals surface area contributed by atoms with Crippen LogP contribution in [-0.2, 0) is 10.2 Å². The van der Waals surface area contributed by atoms with Crippen LogP contribution in [0.4, 0.5) is 8.78 Å². The van der Waals surface area contributed by atoms with Crippen LogP contribution in [0.5, 0.6) is 5.75 Å². The number of carboxylic acids is 1. The van der Waals surface area contributed by atoms with Crippen molar-refractivity contribution in [1.29, 1.82) is 0 Å². The molecule has 0 radical (unpaired) electrons. The first kappa shape index (κ1) is 16.3. The first-order valence-corrected chi connectivity index (χ1v) is 8.11. The number of pyridine rings is 1. The molecule has 2 aromatic heterocycles. The van der Waals surface area contributed by atoms with E-state index in [0.717, 1.165) is 0 Å². The number of halogens is 2.